The molecule has 14 heavy (non-hydrogen) atoms. The number of ether oxygens (including phenoxy) is 1. The SMILES string of the molecule is CC(C)NCCCC(=O)OC1CCC1. The predicted octanol–water partition coefficient (Wildman–Crippen LogP) is 1.86. The van der Waals surface area contributed by atoms with Crippen LogP contribution < -0.4 is 5.32 Å². The van der Waals surface area contributed by atoms with E-state index in [0.717, 1.165) is 25.8 Å². The second-order valence-corrected chi connectivity index (χ2v) is 4.26. The Labute approximate surface area is 86.2 Å². The Kier molecular flexibility index (Phi) is 4.94. The maximum Gasteiger partial charge on any atom is 0.306 e. The summed E-state index contributed by atoms with van der Waals surface area (Å²) in [5.41, 5.74) is 0. The predicted molar refractivity (Wildman–Crippen MR) is 56.1 cm³/mol. The van der Waals surface area contributed by atoms with Gasteiger partial charge in [-0.15, -0.1) is 0 Å². The highest BCUT2D eigenvalue weighted by Crippen LogP contribution is 2.22. The van der Waals surface area contributed by atoms with Gasteiger partial charge >= 0.3 is 5.97 Å². The van der Waals surface area contributed by atoms with E-state index >= 15 is 0 Å². The monoisotopic (exact) mass is 199 g/mol. The summed E-state index contributed by atoms with van der Waals surface area (Å²) >= 11 is 0. The van der Waals surface area contributed by atoms with Gasteiger partial charge < -0.3 is 10.1 Å². The van der Waals surface area contributed by atoms with Crippen molar-refractivity contribution in [1.82, 2.24) is 5.32 Å². The van der Waals surface area contributed by atoms with E-state index in [1.807, 2.05) is 0 Å². The van der Waals surface area contributed by atoms with Crippen molar-refractivity contribution in [3.05, 3.63) is 0 Å². The molecule has 0 bridgehead atoms. The van der Waals surface area contributed by atoms with Gasteiger partial charge in [-0.05, 0) is 32.2 Å². The quantitative estimate of drug-likeness (QED) is 0.524. The number of hydrogen-bond acceptors (Lipinski definition) is 3. The van der Waals surface area contributed by atoms with Crippen LogP contribution in [0.4, 0.5) is 0 Å². The van der Waals surface area contributed by atoms with E-state index < -0.39 is 0 Å². The molecule has 0 aromatic rings. The molecule has 1 N–H and O–H groups in total. The van der Waals surface area contributed by atoms with Gasteiger partial charge in [0.1, 0.15) is 6.10 Å². The lowest BCUT2D eigenvalue weighted by molar-refractivity contribution is -0.153. The Morgan fingerprint density at radius 2 is 2.21 bits per heavy atom. The fourth-order valence-corrected chi connectivity index (χ4v) is 1.36. The minimum atomic E-state index is -0.0275. The lowest BCUT2D eigenvalue weighted by Gasteiger charge is -2.25. The average Bonchev–Trinajstić information content (AvgIpc) is 2.05. The van der Waals surface area contributed by atoms with Gasteiger partial charge in [0.15, 0.2) is 0 Å². The molecular weight excluding hydrogens is 178 g/mol. The van der Waals surface area contributed by atoms with E-state index in [9.17, 15) is 4.79 Å². The third-order valence-corrected chi connectivity index (χ3v) is 2.46. The highest BCUT2D eigenvalue weighted by molar-refractivity contribution is 5.69. The average molecular weight is 199 g/mol. The van der Waals surface area contributed by atoms with Crippen molar-refractivity contribution in [3.63, 3.8) is 0 Å². The number of carbonyl (C=O) groups is 1. The highest BCUT2D eigenvalue weighted by Gasteiger charge is 2.21. The summed E-state index contributed by atoms with van der Waals surface area (Å²) in [5.74, 6) is -0.0275. The van der Waals surface area contributed by atoms with Crippen LogP contribution in [0.25, 0.3) is 0 Å². The molecule has 0 heterocycles. The van der Waals surface area contributed by atoms with E-state index in [0.29, 0.717) is 12.5 Å². The van der Waals surface area contributed by atoms with Crippen LogP contribution in [0, 0.1) is 0 Å². The van der Waals surface area contributed by atoms with Crippen LogP contribution in [0.2, 0.25) is 0 Å². The van der Waals surface area contributed by atoms with Gasteiger partial charge in [-0.25, -0.2) is 0 Å². The van der Waals surface area contributed by atoms with Crippen LogP contribution in [0.5, 0.6) is 0 Å². The minimum absolute atomic E-state index is 0.0275. The standard InChI is InChI=1S/C11H21NO2/c1-9(2)12-8-4-7-11(13)14-10-5-3-6-10/h9-10,12H,3-8H2,1-2H3. The molecule has 1 aliphatic rings. The Morgan fingerprint density at radius 1 is 1.50 bits per heavy atom. The molecule has 0 spiro atoms. The third kappa shape index (κ3) is 4.61. The number of esters is 1. The molecule has 1 aliphatic carbocycles. The van der Waals surface area contributed by atoms with Gasteiger partial charge in [-0.3, -0.25) is 4.79 Å². The highest BCUT2D eigenvalue weighted by atomic mass is 16.5. The fraction of sp³-hybridized carbons (Fsp3) is 0.909. The Morgan fingerprint density at radius 3 is 2.71 bits per heavy atom. The first-order valence-corrected chi connectivity index (χ1v) is 5.61. The summed E-state index contributed by atoms with van der Waals surface area (Å²) in [7, 11) is 0. The molecule has 0 aromatic heterocycles. The molecule has 0 aliphatic heterocycles. The molecule has 3 nitrogen and oxygen atoms in total. The van der Waals surface area contributed by atoms with E-state index in [1.54, 1.807) is 0 Å². The van der Waals surface area contributed by atoms with Crippen molar-refractivity contribution >= 4 is 5.97 Å². The Hall–Kier alpha value is -0.570. The van der Waals surface area contributed by atoms with Crippen molar-refractivity contribution in [2.24, 2.45) is 0 Å². The second kappa shape index (κ2) is 6.02. The van der Waals surface area contributed by atoms with Gasteiger partial charge in [0.25, 0.3) is 0 Å². The van der Waals surface area contributed by atoms with Crippen molar-refractivity contribution < 1.29 is 9.53 Å². The molecule has 1 saturated carbocycles. The van der Waals surface area contributed by atoms with Crippen molar-refractivity contribution in [2.75, 3.05) is 6.54 Å². The Balaban J connectivity index is 1.92. The topological polar surface area (TPSA) is 38.3 Å². The van der Waals surface area contributed by atoms with E-state index in [1.165, 1.54) is 6.42 Å². The summed E-state index contributed by atoms with van der Waals surface area (Å²) in [6, 6.07) is 0.498. The smallest absolute Gasteiger partial charge is 0.306 e. The number of carbonyl (C=O) groups excluding carboxylic acids is 1. The lowest BCUT2D eigenvalue weighted by atomic mass is 9.96. The van der Waals surface area contributed by atoms with Crippen LogP contribution in [-0.2, 0) is 9.53 Å². The molecule has 82 valence electrons. The lowest BCUT2D eigenvalue weighted by Crippen LogP contribution is -2.27. The van der Waals surface area contributed by atoms with E-state index in [2.05, 4.69) is 19.2 Å². The summed E-state index contributed by atoms with van der Waals surface area (Å²) in [6.07, 6.45) is 5.01. The van der Waals surface area contributed by atoms with Gasteiger partial charge in [-0.1, -0.05) is 13.8 Å². The zero-order valence-corrected chi connectivity index (χ0v) is 9.21. The molecule has 0 amide bonds. The van der Waals surface area contributed by atoms with E-state index in [-0.39, 0.29) is 12.1 Å². The molecule has 1 fully saturated rings. The van der Waals surface area contributed by atoms with E-state index in [4.69, 9.17) is 4.74 Å². The second-order valence-electron chi connectivity index (χ2n) is 4.26. The minimum Gasteiger partial charge on any atom is -0.462 e. The van der Waals surface area contributed by atoms with Gasteiger partial charge in [0, 0.05) is 12.5 Å². The summed E-state index contributed by atoms with van der Waals surface area (Å²) in [4.78, 5) is 11.2. The summed E-state index contributed by atoms with van der Waals surface area (Å²) < 4.78 is 5.23. The molecular formula is C11H21NO2. The van der Waals surface area contributed by atoms with Crippen LogP contribution in [0.15, 0.2) is 0 Å². The molecule has 0 radical (unpaired) electrons. The van der Waals surface area contributed by atoms with Crippen LogP contribution in [-0.4, -0.2) is 24.7 Å². The van der Waals surface area contributed by atoms with Crippen LogP contribution >= 0.6 is 0 Å². The normalized spacial score (nSPS) is 16.8. The number of nitrogens with one attached hydrogen (secondary N) is 1. The maximum absolute atomic E-state index is 11.2. The van der Waals surface area contributed by atoms with Gasteiger partial charge in [0.2, 0.25) is 0 Å². The van der Waals surface area contributed by atoms with Crippen molar-refractivity contribution in [3.8, 4) is 0 Å². The maximum atomic E-state index is 11.2. The van der Waals surface area contributed by atoms with Crippen LogP contribution in [0.3, 0.4) is 0 Å². The molecule has 1 rings (SSSR count). The Bertz CT molecular complexity index is 176. The van der Waals surface area contributed by atoms with Gasteiger partial charge in [0.05, 0.1) is 0 Å². The molecule has 0 saturated heterocycles. The first-order valence-electron chi connectivity index (χ1n) is 5.61. The van der Waals surface area contributed by atoms with Crippen molar-refractivity contribution in [2.45, 2.75) is 58.1 Å². The first-order chi connectivity index (χ1) is 6.68. The molecule has 0 unspecified atom stereocenters. The molecule has 0 aromatic carbocycles. The summed E-state index contributed by atoms with van der Waals surface area (Å²) in [6.45, 7) is 5.11. The zero-order chi connectivity index (χ0) is 10.4. The molecule has 0 atom stereocenters. The van der Waals surface area contributed by atoms with Crippen LogP contribution in [0.1, 0.15) is 46.0 Å². The third-order valence-electron chi connectivity index (χ3n) is 2.46. The van der Waals surface area contributed by atoms with Crippen molar-refractivity contribution in [1.29, 1.82) is 0 Å². The number of rotatable bonds is 6. The zero-order valence-electron chi connectivity index (χ0n) is 9.21. The largest absolute Gasteiger partial charge is 0.462 e. The fourth-order valence-electron chi connectivity index (χ4n) is 1.36. The molecule has 3 heteroatoms. The summed E-state index contributed by atoms with van der Waals surface area (Å²) in [5, 5.41) is 3.27. The number of hydrogen-bond donors (Lipinski definition) is 1. The van der Waals surface area contributed by atoms with Gasteiger partial charge in [-0.2, -0.15) is 0 Å². The first kappa shape index (κ1) is 11.5.